The minimum absolute atomic E-state index is 0.161. The number of aliphatic hydroxyl groups is 1. The summed E-state index contributed by atoms with van der Waals surface area (Å²) in [6.07, 6.45) is 6.91. The van der Waals surface area contributed by atoms with Gasteiger partial charge >= 0.3 is 0 Å². The maximum atomic E-state index is 9.68. The molecule has 2 aliphatic rings. The van der Waals surface area contributed by atoms with Crippen LogP contribution in [0.3, 0.4) is 0 Å². The van der Waals surface area contributed by atoms with E-state index in [0.29, 0.717) is 11.1 Å². The molecule has 1 unspecified atom stereocenters. The number of hydrogen-bond acceptors (Lipinski definition) is 4. The largest absolute Gasteiger partial charge is 0.394 e. The molecule has 2 heterocycles. The summed E-state index contributed by atoms with van der Waals surface area (Å²) in [7, 11) is 0. The van der Waals surface area contributed by atoms with Gasteiger partial charge in [0, 0.05) is 18.0 Å². The highest BCUT2D eigenvalue weighted by atomic mass is 35.5. The number of rotatable bonds is 3. The first-order valence-electron chi connectivity index (χ1n) is 7.62. The molecule has 0 spiro atoms. The van der Waals surface area contributed by atoms with Gasteiger partial charge in [0.05, 0.1) is 12.6 Å². The Morgan fingerprint density at radius 3 is 2.70 bits per heavy atom. The second-order valence-corrected chi connectivity index (χ2v) is 6.33. The molecule has 2 fully saturated rings. The smallest absolute Gasteiger partial charge is 0.137 e. The Bertz CT molecular complexity index is 490. The first-order valence-corrected chi connectivity index (χ1v) is 8.00. The van der Waals surface area contributed by atoms with Gasteiger partial charge in [0.1, 0.15) is 16.8 Å². The Labute approximate surface area is 125 Å². The Hall–Kier alpha value is -0.870. The highest BCUT2D eigenvalue weighted by Crippen LogP contribution is 2.40. The number of hydrogen-bond donors (Lipinski definition) is 1. The SMILES string of the molecule is Cc1c(Cl)nc(C2CC2)nc1N1CCCCCC1CO. The van der Waals surface area contributed by atoms with Crippen LogP contribution in [0.15, 0.2) is 0 Å². The van der Waals surface area contributed by atoms with E-state index >= 15 is 0 Å². The summed E-state index contributed by atoms with van der Waals surface area (Å²) in [4.78, 5) is 11.5. The fraction of sp³-hybridized carbons (Fsp3) is 0.733. The van der Waals surface area contributed by atoms with Crippen molar-refractivity contribution in [2.45, 2.75) is 57.4 Å². The van der Waals surface area contributed by atoms with Gasteiger partial charge in [-0.3, -0.25) is 0 Å². The monoisotopic (exact) mass is 295 g/mol. The van der Waals surface area contributed by atoms with Crippen LogP contribution in [-0.2, 0) is 0 Å². The van der Waals surface area contributed by atoms with E-state index in [4.69, 9.17) is 16.6 Å². The van der Waals surface area contributed by atoms with Crippen LogP contribution in [0.1, 0.15) is 55.8 Å². The van der Waals surface area contributed by atoms with Gasteiger partial charge in [-0.15, -0.1) is 0 Å². The first-order chi connectivity index (χ1) is 9.70. The van der Waals surface area contributed by atoms with Crippen molar-refractivity contribution in [2.24, 2.45) is 0 Å². The molecule has 1 aliphatic heterocycles. The third-order valence-corrected chi connectivity index (χ3v) is 4.75. The Kier molecular flexibility index (Phi) is 4.13. The van der Waals surface area contributed by atoms with Crippen molar-refractivity contribution >= 4 is 17.4 Å². The van der Waals surface area contributed by atoms with Crippen LogP contribution in [0.25, 0.3) is 0 Å². The summed E-state index contributed by atoms with van der Waals surface area (Å²) < 4.78 is 0. The van der Waals surface area contributed by atoms with Crippen molar-refractivity contribution in [1.82, 2.24) is 9.97 Å². The normalized spacial score (nSPS) is 23.8. The molecular weight excluding hydrogens is 274 g/mol. The van der Waals surface area contributed by atoms with E-state index < -0.39 is 0 Å². The van der Waals surface area contributed by atoms with Crippen molar-refractivity contribution in [3.8, 4) is 0 Å². The highest BCUT2D eigenvalue weighted by Gasteiger charge is 2.30. The minimum atomic E-state index is 0.161. The molecule has 4 nitrogen and oxygen atoms in total. The number of halogens is 1. The van der Waals surface area contributed by atoms with Crippen LogP contribution in [0, 0.1) is 6.92 Å². The molecule has 3 rings (SSSR count). The lowest BCUT2D eigenvalue weighted by molar-refractivity contribution is 0.254. The van der Waals surface area contributed by atoms with Crippen molar-refractivity contribution in [3.05, 3.63) is 16.5 Å². The zero-order valence-corrected chi connectivity index (χ0v) is 12.7. The summed E-state index contributed by atoms with van der Waals surface area (Å²) in [6.45, 7) is 3.11. The van der Waals surface area contributed by atoms with Crippen LogP contribution in [0.2, 0.25) is 5.15 Å². The maximum Gasteiger partial charge on any atom is 0.137 e. The molecule has 1 aromatic heterocycles. The third kappa shape index (κ3) is 2.77. The number of aliphatic hydroxyl groups excluding tert-OH is 1. The number of aromatic nitrogens is 2. The molecule has 1 aliphatic carbocycles. The Balaban J connectivity index is 1.97. The first kappa shape index (κ1) is 14.1. The van der Waals surface area contributed by atoms with E-state index in [1.54, 1.807) is 0 Å². The average molecular weight is 296 g/mol. The molecule has 0 amide bonds. The van der Waals surface area contributed by atoms with Gasteiger partial charge in [-0.1, -0.05) is 24.4 Å². The quantitative estimate of drug-likeness (QED) is 0.871. The van der Waals surface area contributed by atoms with Gasteiger partial charge in [0.25, 0.3) is 0 Å². The molecular formula is C15H22ClN3O. The Morgan fingerprint density at radius 2 is 2.00 bits per heavy atom. The summed E-state index contributed by atoms with van der Waals surface area (Å²) in [5, 5.41) is 10.2. The highest BCUT2D eigenvalue weighted by molar-refractivity contribution is 6.30. The minimum Gasteiger partial charge on any atom is -0.394 e. The Morgan fingerprint density at radius 1 is 1.20 bits per heavy atom. The predicted molar refractivity (Wildman–Crippen MR) is 80.4 cm³/mol. The van der Waals surface area contributed by atoms with Crippen LogP contribution in [0.4, 0.5) is 5.82 Å². The predicted octanol–water partition coefficient (Wildman–Crippen LogP) is 3.06. The molecule has 1 aromatic rings. The van der Waals surface area contributed by atoms with Crippen molar-refractivity contribution in [1.29, 1.82) is 0 Å². The summed E-state index contributed by atoms with van der Waals surface area (Å²) in [5.74, 6) is 2.32. The van der Waals surface area contributed by atoms with Gasteiger partial charge in [-0.25, -0.2) is 9.97 Å². The molecule has 0 radical (unpaired) electrons. The summed E-state index contributed by atoms with van der Waals surface area (Å²) >= 11 is 6.30. The lowest BCUT2D eigenvalue weighted by Gasteiger charge is -2.31. The van der Waals surface area contributed by atoms with E-state index in [1.165, 1.54) is 25.7 Å². The zero-order chi connectivity index (χ0) is 14.1. The topological polar surface area (TPSA) is 49.2 Å². The van der Waals surface area contributed by atoms with Gasteiger partial charge in [-0.05, 0) is 32.6 Å². The molecule has 1 saturated heterocycles. The maximum absolute atomic E-state index is 9.68. The fourth-order valence-corrected chi connectivity index (χ4v) is 3.11. The van der Waals surface area contributed by atoms with Crippen LogP contribution in [-0.4, -0.2) is 34.3 Å². The third-order valence-electron chi connectivity index (χ3n) is 4.38. The van der Waals surface area contributed by atoms with E-state index in [9.17, 15) is 5.11 Å². The number of anilines is 1. The van der Waals surface area contributed by atoms with Gasteiger partial charge in [0.15, 0.2) is 0 Å². The van der Waals surface area contributed by atoms with E-state index in [0.717, 1.165) is 36.6 Å². The molecule has 5 heteroatoms. The molecule has 1 saturated carbocycles. The standard InChI is InChI=1S/C15H22ClN3O/c1-10-13(16)17-14(11-6-7-11)18-15(10)19-8-4-2-3-5-12(19)9-20/h11-12,20H,2-9H2,1H3. The molecule has 0 bridgehead atoms. The van der Waals surface area contributed by atoms with Gasteiger partial charge < -0.3 is 10.0 Å². The molecule has 0 aromatic carbocycles. The summed E-state index contributed by atoms with van der Waals surface area (Å²) in [6, 6.07) is 0.161. The van der Waals surface area contributed by atoms with E-state index in [1.807, 2.05) is 6.92 Å². The van der Waals surface area contributed by atoms with Crippen molar-refractivity contribution in [2.75, 3.05) is 18.1 Å². The van der Waals surface area contributed by atoms with Gasteiger partial charge in [0.2, 0.25) is 0 Å². The van der Waals surface area contributed by atoms with Crippen LogP contribution >= 0.6 is 11.6 Å². The second-order valence-electron chi connectivity index (χ2n) is 5.97. The lowest BCUT2D eigenvalue weighted by atomic mass is 10.1. The average Bonchev–Trinajstić information content (AvgIpc) is 3.27. The fourth-order valence-electron chi connectivity index (χ4n) is 2.94. The van der Waals surface area contributed by atoms with Gasteiger partial charge in [-0.2, -0.15) is 0 Å². The number of nitrogens with zero attached hydrogens (tertiary/aromatic N) is 3. The van der Waals surface area contributed by atoms with Crippen molar-refractivity contribution in [3.63, 3.8) is 0 Å². The molecule has 1 atom stereocenters. The van der Waals surface area contributed by atoms with Crippen LogP contribution < -0.4 is 4.90 Å². The second kappa shape index (κ2) is 5.86. The molecule has 1 N–H and O–H groups in total. The molecule has 20 heavy (non-hydrogen) atoms. The van der Waals surface area contributed by atoms with E-state index in [-0.39, 0.29) is 12.6 Å². The van der Waals surface area contributed by atoms with Crippen LogP contribution in [0.5, 0.6) is 0 Å². The van der Waals surface area contributed by atoms with Crippen molar-refractivity contribution < 1.29 is 5.11 Å². The van der Waals surface area contributed by atoms with E-state index in [2.05, 4.69) is 9.88 Å². The molecule has 110 valence electrons. The zero-order valence-electron chi connectivity index (χ0n) is 12.0. The lowest BCUT2D eigenvalue weighted by Crippen LogP contribution is -2.38. The summed E-state index contributed by atoms with van der Waals surface area (Å²) in [5.41, 5.74) is 0.941.